The molecule has 1 aromatic carbocycles. The van der Waals surface area contributed by atoms with Gasteiger partial charge in [-0.2, -0.15) is 4.98 Å². The molecule has 1 saturated carbocycles. The maximum absolute atomic E-state index is 12.4. The zero-order chi connectivity index (χ0) is 20.4. The highest BCUT2D eigenvalue weighted by Crippen LogP contribution is 2.26. The molecule has 2 N–H and O–H groups in total. The number of aromatic nitrogens is 3. The first-order valence-corrected chi connectivity index (χ1v) is 10.1. The Kier molecular flexibility index (Phi) is 5.38. The third-order valence-corrected chi connectivity index (χ3v) is 5.58. The topological polar surface area (TPSA) is 75.1 Å². The summed E-state index contributed by atoms with van der Waals surface area (Å²) in [4.78, 5) is 23.9. The number of carbonyl (C=O) groups is 1. The molecular formula is C22H28N6O. The minimum atomic E-state index is 0.00222. The van der Waals surface area contributed by atoms with Crippen LogP contribution in [-0.4, -0.2) is 46.6 Å². The monoisotopic (exact) mass is 392 g/mol. The second-order valence-corrected chi connectivity index (χ2v) is 7.95. The van der Waals surface area contributed by atoms with Gasteiger partial charge in [0.15, 0.2) is 0 Å². The molecule has 1 fully saturated rings. The van der Waals surface area contributed by atoms with E-state index in [4.69, 9.17) is 9.97 Å². The number of carbonyl (C=O) groups excluding carboxylic acids is 1. The molecule has 1 aliphatic rings. The van der Waals surface area contributed by atoms with Gasteiger partial charge in [0.05, 0.1) is 5.52 Å². The number of hydrogen-bond donors (Lipinski definition) is 2. The SMILES string of the molecule is CN(C)c1nc(N[C@H]2CC[C@@H](NC(=O)c3cccn3C)CC2)nc2ccccc12. The summed E-state index contributed by atoms with van der Waals surface area (Å²) in [5.74, 6) is 1.59. The molecule has 0 aliphatic heterocycles. The molecule has 0 atom stereocenters. The van der Waals surface area contributed by atoms with Crippen LogP contribution in [0.25, 0.3) is 10.9 Å². The number of nitrogens with one attached hydrogen (secondary N) is 2. The second-order valence-electron chi connectivity index (χ2n) is 7.95. The molecule has 0 unspecified atom stereocenters. The lowest BCUT2D eigenvalue weighted by Gasteiger charge is -2.30. The lowest BCUT2D eigenvalue weighted by Crippen LogP contribution is -2.40. The smallest absolute Gasteiger partial charge is 0.268 e. The Labute approximate surface area is 171 Å². The van der Waals surface area contributed by atoms with E-state index in [0.717, 1.165) is 42.4 Å². The molecule has 29 heavy (non-hydrogen) atoms. The molecule has 2 heterocycles. The fourth-order valence-electron chi connectivity index (χ4n) is 3.99. The van der Waals surface area contributed by atoms with Gasteiger partial charge in [-0.05, 0) is 49.9 Å². The average molecular weight is 393 g/mol. The van der Waals surface area contributed by atoms with Crippen molar-refractivity contribution in [1.82, 2.24) is 19.9 Å². The first kappa shape index (κ1) is 19.2. The van der Waals surface area contributed by atoms with Gasteiger partial charge in [-0.25, -0.2) is 4.98 Å². The Balaban J connectivity index is 1.38. The molecule has 1 amide bonds. The lowest BCUT2D eigenvalue weighted by molar-refractivity contribution is 0.0918. The molecule has 3 aromatic rings. The van der Waals surface area contributed by atoms with E-state index < -0.39 is 0 Å². The summed E-state index contributed by atoms with van der Waals surface area (Å²) in [6.45, 7) is 0. The molecule has 0 spiro atoms. The van der Waals surface area contributed by atoms with Crippen LogP contribution in [0.1, 0.15) is 36.2 Å². The highest BCUT2D eigenvalue weighted by Gasteiger charge is 2.24. The fraction of sp³-hybridized carbons (Fsp3) is 0.409. The molecule has 0 radical (unpaired) electrons. The number of aryl methyl sites for hydroxylation is 1. The summed E-state index contributed by atoms with van der Waals surface area (Å²) in [5, 5.41) is 7.73. The van der Waals surface area contributed by atoms with E-state index in [9.17, 15) is 4.79 Å². The lowest BCUT2D eigenvalue weighted by atomic mass is 9.91. The third kappa shape index (κ3) is 4.18. The van der Waals surface area contributed by atoms with Crippen LogP contribution < -0.4 is 15.5 Å². The first-order chi connectivity index (χ1) is 14.0. The molecule has 152 valence electrons. The largest absolute Gasteiger partial charge is 0.362 e. The number of rotatable bonds is 5. The van der Waals surface area contributed by atoms with Gasteiger partial charge in [0, 0.05) is 44.8 Å². The Morgan fingerprint density at radius 1 is 1.03 bits per heavy atom. The van der Waals surface area contributed by atoms with Gasteiger partial charge in [0.1, 0.15) is 11.5 Å². The van der Waals surface area contributed by atoms with Gasteiger partial charge in [-0.1, -0.05) is 12.1 Å². The van der Waals surface area contributed by atoms with E-state index in [0.29, 0.717) is 17.7 Å². The fourth-order valence-corrected chi connectivity index (χ4v) is 3.99. The molecule has 7 nitrogen and oxygen atoms in total. The molecule has 1 aliphatic carbocycles. The van der Waals surface area contributed by atoms with Crippen molar-refractivity contribution < 1.29 is 4.79 Å². The summed E-state index contributed by atoms with van der Waals surface area (Å²) >= 11 is 0. The van der Waals surface area contributed by atoms with Crippen molar-refractivity contribution in [2.45, 2.75) is 37.8 Å². The van der Waals surface area contributed by atoms with Crippen LogP contribution in [-0.2, 0) is 7.05 Å². The molecule has 2 aromatic heterocycles. The van der Waals surface area contributed by atoms with Gasteiger partial charge in [-0.3, -0.25) is 4.79 Å². The van der Waals surface area contributed by atoms with E-state index in [1.807, 2.05) is 67.1 Å². The Morgan fingerprint density at radius 3 is 2.45 bits per heavy atom. The van der Waals surface area contributed by atoms with Crippen LogP contribution in [0.3, 0.4) is 0 Å². The van der Waals surface area contributed by atoms with Crippen LogP contribution in [0.4, 0.5) is 11.8 Å². The number of nitrogens with zero attached hydrogens (tertiary/aromatic N) is 4. The normalized spacial score (nSPS) is 19.1. The summed E-state index contributed by atoms with van der Waals surface area (Å²) in [6, 6.07) is 12.3. The minimum absolute atomic E-state index is 0.00222. The van der Waals surface area contributed by atoms with Crippen LogP contribution in [0.5, 0.6) is 0 Å². The number of fused-ring (bicyclic) bond motifs is 1. The van der Waals surface area contributed by atoms with Gasteiger partial charge in [0.25, 0.3) is 5.91 Å². The van der Waals surface area contributed by atoms with Gasteiger partial charge >= 0.3 is 0 Å². The van der Waals surface area contributed by atoms with Gasteiger partial charge in [0.2, 0.25) is 5.95 Å². The highest BCUT2D eigenvalue weighted by molar-refractivity contribution is 5.93. The molecule has 0 saturated heterocycles. The second kappa shape index (κ2) is 8.11. The Morgan fingerprint density at radius 2 is 1.76 bits per heavy atom. The molecule has 0 bridgehead atoms. The number of benzene rings is 1. The zero-order valence-electron chi connectivity index (χ0n) is 17.2. The van der Waals surface area contributed by atoms with Crippen molar-refractivity contribution in [3.63, 3.8) is 0 Å². The first-order valence-electron chi connectivity index (χ1n) is 10.1. The molecular weight excluding hydrogens is 364 g/mol. The van der Waals surface area contributed by atoms with Gasteiger partial charge < -0.3 is 20.1 Å². The zero-order valence-corrected chi connectivity index (χ0v) is 17.2. The van der Waals surface area contributed by atoms with Gasteiger partial charge in [-0.15, -0.1) is 0 Å². The van der Waals surface area contributed by atoms with Crippen molar-refractivity contribution >= 4 is 28.6 Å². The van der Waals surface area contributed by atoms with E-state index in [1.54, 1.807) is 0 Å². The van der Waals surface area contributed by atoms with E-state index in [2.05, 4.69) is 16.7 Å². The standard InChI is InChI=1S/C22H28N6O/c1-27(2)20-17-7-4-5-8-18(17)25-22(26-20)24-16-12-10-15(11-13-16)23-21(29)19-9-6-14-28(19)3/h4-9,14-16H,10-13H2,1-3H3,(H,23,29)(H,24,25,26)/t15-,16+. The van der Waals surface area contributed by atoms with E-state index in [1.165, 1.54) is 0 Å². The Hall–Kier alpha value is -3.09. The number of hydrogen-bond acceptors (Lipinski definition) is 5. The van der Waals surface area contributed by atoms with E-state index in [-0.39, 0.29) is 11.9 Å². The van der Waals surface area contributed by atoms with Crippen LogP contribution in [0.2, 0.25) is 0 Å². The minimum Gasteiger partial charge on any atom is -0.362 e. The van der Waals surface area contributed by atoms with Crippen LogP contribution in [0.15, 0.2) is 42.6 Å². The van der Waals surface area contributed by atoms with Crippen LogP contribution in [0, 0.1) is 0 Å². The van der Waals surface area contributed by atoms with Crippen LogP contribution >= 0.6 is 0 Å². The Bertz CT molecular complexity index is 1000. The average Bonchev–Trinajstić information content (AvgIpc) is 3.15. The maximum Gasteiger partial charge on any atom is 0.268 e. The quantitative estimate of drug-likeness (QED) is 0.698. The predicted octanol–water partition coefficient (Wildman–Crippen LogP) is 3.19. The summed E-state index contributed by atoms with van der Waals surface area (Å²) in [5.41, 5.74) is 1.64. The highest BCUT2D eigenvalue weighted by atomic mass is 16.2. The maximum atomic E-state index is 12.4. The third-order valence-electron chi connectivity index (χ3n) is 5.58. The number of para-hydroxylation sites is 1. The number of anilines is 2. The van der Waals surface area contributed by atoms with E-state index >= 15 is 0 Å². The molecule has 4 rings (SSSR count). The summed E-state index contributed by atoms with van der Waals surface area (Å²) in [7, 11) is 5.89. The van der Waals surface area contributed by atoms with Crippen molar-refractivity contribution in [3.8, 4) is 0 Å². The molecule has 7 heteroatoms. The summed E-state index contributed by atoms with van der Waals surface area (Å²) < 4.78 is 1.85. The summed E-state index contributed by atoms with van der Waals surface area (Å²) in [6.07, 6.45) is 5.74. The van der Waals surface area contributed by atoms with Crippen molar-refractivity contribution in [2.24, 2.45) is 7.05 Å². The predicted molar refractivity (Wildman–Crippen MR) is 116 cm³/mol. The van der Waals surface area contributed by atoms with Crippen molar-refractivity contribution in [1.29, 1.82) is 0 Å². The number of amides is 1. The van der Waals surface area contributed by atoms with Crippen molar-refractivity contribution in [3.05, 3.63) is 48.3 Å². The van der Waals surface area contributed by atoms with Crippen molar-refractivity contribution in [2.75, 3.05) is 24.3 Å².